The van der Waals surface area contributed by atoms with Crippen LogP contribution < -0.4 is 10.6 Å². The number of hydrogen-bond acceptors (Lipinski definition) is 6. The van der Waals surface area contributed by atoms with E-state index in [0.29, 0.717) is 6.61 Å². The number of nitrogens with zero attached hydrogens (tertiary/aromatic N) is 1. The van der Waals surface area contributed by atoms with Crippen LogP contribution in [0, 0.1) is 6.92 Å². The monoisotopic (exact) mass is 566 g/mol. The van der Waals surface area contributed by atoms with Gasteiger partial charge in [0.25, 0.3) is 0 Å². The van der Waals surface area contributed by atoms with Crippen molar-refractivity contribution in [2.24, 2.45) is 0 Å². The smallest absolute Gasteiger partial charge is 0.407 e. The minimum absolute atomic E-state index is 0.0567. The molecular formula is C34H38N4O4. The number of carbonyl (C=O) groups is 2. The van der Waals surface area contributed by atoms with E-state index >= 15 is 0 Å². The molecule has 1 amide bonds. The van der Waals surface area contributed by atoms with Crippen molar-refractivity contribution < 1.29 is 19.1 Å². The van der Waals surface area contributed by atoms with Gasteiger partial charge in [-0.1, -0.05) is 84.9 Å². The third-order valence-corrected chi connectivity index (χ3v) is 7.82. The molecule has 0 unspecified atom stereocenters. The summed E-state index contributed by atoms with van der Waals surface area (Å²) in [6, 6.07) is 26.9. The zero-order valence-electron chi connectivity index (χ0n) is 24.1. The fourth-order valence-corrected chi connectivity index (χ4v) is 5.62. The number of imidazole rings is 1. The topological polar surface area (TPSA) is 105 Å². The zero-order chi connectivity index (χ0) is 29.3. The number of ketones is 1. The van der Waals surface area contributed by atoms with Gasteiger partial charge >= 0.3 is 6.09 Å². The molecule has 4 aromatic rings. The van der Waals surface area contributed by atoms with Crippen LogP contribution >= 0.6 is 0 Å². The summed E-state index contributed by atoms with van der Waals surface area (Å²) in [5, 5.41) is 6.40. The van der Waals surface area contributed by atoms with E-state index in [4.69, 9.17) is 9.47 Å². The number of hydrogen-bond donors (Lipinski definition) is 3. The predicted molar refractivity (Wildman–Crippen MR) is 161 cm³/mol. The Kier molecular flexibility index (Phi) is 9.79. The maximum absolute atomic E-state index is 14.1. The molecule has 0 spiro atoms. The molecule has 3 aromatic carbocycles. The van der Waals surface area contributed by atoms with Crippen molar-refractivity contribution in [3.05, 3.63) is 125 Å². The molecule has 42 heavy (non-hydrogen) atoms. The largest absolute Gasteiger partial charge is 0.453 e. The Morgan fingerprint density at radius 2 is 1.62 bits per heavy atom. The van der Waals surface area contributed by atoms with E-state index in [2.05, 4.69) is 26.7 Å². The molecule has 8 heteroatoms. The van der Waals surface area contributed by atoms with Crippen LogP contribution in [0.4, 0.5) is 4.79 Å². The summed E-state index contributed by atoms with van der Waals surface area (Å²) in [4.78, 5) is 34.3. The van der Waals surface area contributed by atoms with Gasteiger partial charge in [-0.25, -0.2) is 9.78 Å². The van der Waals surface area contributed by atoms with Gasteiger partial charge in [-0.15, -0.1) is 0 Å². The molecule has 218 valence electrons. The first-order valence-electron chi connectivity index (χ1n) is 14.4. The van der Waals surface area contributed by atoms with Crippen LogP contribution in [0.15, 0.2) is 91.1 Å². The predicted octanol–water partition coefficient (Wildman–Crippen LogP) is 5.05. The Morgan fingerprint density at radius 3 is 2.19 bits per heavy atom. The number of H-pyrrole nitrogens is 1. The van der Waals surface area contributed by atoms with E-state index in [0.717, 1.165) is 53.2 Å². The van der Waals surface area contributed by atoms with Crippen LogP contribution in [0.25, 0.3) is 0 Å². The second-order valence-corrected chi connectivity index (χ2v) is 10.7. The molecule has 0 radical (unpaired) electrons. The Labute approximate surface area is 246 Å². The minimum atomic E-state index is -0.816. The van der Waals surface area contributed by atoms with Gasteiger partial charge in [0, 0.05) is 30.8 Å². The quantitative estimate of drug-likeness (QED) is 0.235. The summed E-state index contributed by atoms with van der Waals surface area (Å²) in [7, 11) is 1.31. The van der Waals surface area contributed by atoms with Crippen molar-refractivity contribution in [3.63, 3.8) is 0 Å². The van der Waals surface area contributed by atoms with Gasteiger partial charge in [0.1, 0.15) is 11.9 Å². The van der Waals surface area contributed by atoms with E-state index in [1.54, 1.807) is 0 Å². The number of aromatic nitrogens is 2. The van der Waals surface area contributed by atoms with E-state index in [1.807, 2.05) is 92.0 Å². The maximum Gasteiger partial charge on any atom is 0.407 e. The number of alkyl carbamates (subject to hydrolysis) is 1. The third kappa shape index (κ3) is 7.32. The number of ether oxygens (including phenoxy) is 2. The number of carbonyl (C=O) groups excluding carboxylic acids is 2. The fraction of sp³-hybridized carbons (Fsp3) is 0.324. The summed E-state index contributed by atoms with van der Waals surface area (Å²) < 4.78 is 11.1. The number of nitrogens with one attached hydrogen (secondary N) is 3. The molecular weight excluding hydrogens is 528 g/mol. The molecule has 2 heterocycles. The Balaban J connectivity index is 1.30. The highest BCUT2D eigenvalue weighted by Crippen LogP contribution is 2.30. The van der Waals surface area contributed by atoms with Gasteiger partial charge in [0.15, 0.2) is 5.78 Å². The standard InChI is InChI=1S/C34H38N4O4/c1-23-20-36-33(37-23)29-22-42-28(21-35-29)18-17-24-11-9-10-16-27(24)19-30(39)32(38-34(40)41-2)31(25-12-5-3-6-13-25)26-14-7-4-8-15-26/h3-16,20,28-29,31-32,35H,17-19,21-22H2,1-2H3,(H,36,37)(H,38,40)/t28-,29+,32-/m1/s1. The normalized spacial score (nSPS) is 17.5. The highest BCUT2D eigenvalue weighted by atomic mass is 16.5. The van der Waals surface area contributed by atoms with Crippen molar-refractivity contribution >= 4 is 11.9 Å². The number of aromatic amines is 1. The second-order valence-electron chi connectivity index (χ2n) is 10.7. The number of amides is 1. The Hall–Kier alpha value is -4.27. The van der Waals surface area contributed by atoms with Crippen molar-refractivity contribution in [2.75, 3.05) is 20.3 Å². The van der Waals surface area contributed by atoms with Crippen LogP contribution in [-0.4, -0.2) is 54.3 Å². The van der Waals surface area contributed by atoms with Gasteiger partial charge in [0.05, 0.1) is 25.9 Å². The van der Waals surface area contributed by atoms with Crippen molar-refractivity contribution in [3.8, 4) is 0 Å². The minimum Gasteiger partial charge on any atom is -0.453 e. The number of methoxy groups -OCH3 is 1. The van der Waals surface area contributed by atoms with E-state index in [9.17, 15) is 9.59 Å². The van der Waals surface area contributed by atoms with Crippen LogP contribution in [0.5, 0.6) is 0 Å². The average Bonchev–Trinajstić information content (AvgIpc) is 3.47. The van der Waals surface area contributed by atoms with E-state index in [1.165, 1.54) is 7.11 Å². The summed E-state index contributed by atoms with van der Waals surface area (Å²) >= 11 is 0. The summed E-state index contributed by atoms with van der Waals surface area (Å²) in [5.41, 5.74) is 4.97. The lowest BCUT2D eigenvalue weighted by Crippen LogP contribution is -2.46. The van der Waals surface area contributed by atoms with Crippen LogP contribution in [0.1, 0.15) is 52.2 Å². The Bertz CT molecular complexity index is 1410. The number of rotatable bonds is 11. The second kappa shape index (κ2) is 14.1. The molecule has 3 atom stereocenters. The molecule has 5 rings (SSSR count). The summed E-state index contributed by atoms with van der Waals surface area (Å²) in [6.07, 6.45) is 3.04. The molecule has 1 saturated heterocycles. The average molecular weight is 567 g/mol. The lowest BCUT2D eigenvalue weighted by atomic mass is 9.81. The van der Waals surface area contributed by atoms with Crippen LogP contribution in [-0.2, 0) is 27.1 Å². The van der Waals surface area contributed by atoms with Crippen molar-refractivity contribution in [1.29, 1.82) is 0 Å². The third-order valence-electron chi connectivity index (χ3n) is 7.82. The van der Waals surface area contributed by atoms with Gasteiger partial charge in [-0.2, -0.15) is 0 Å². The van der Waals surface area contributed by atoms with E-state index < -0.39 is 12.1 Å². The highest BCUT2D eigenvalue weighted by Gasteiger charge is 2.33. The highest BCUT2D eigenvalue weighted by molar-refractivity contribution is 5.90. The van der Waals surface area contributed by atoms with Crippen LogP contribution in [0.3, 0.4) is 0 Å². The molecule has 1 fully saturated rings. The molecule has 8 nitrogen and oxygen atoms in total. The summed E-state index contributed by atoms with van der Waals surface area (Å²) in [6.45, 7) is 3.27. The molecule has 0 bridgehead atoms. The lowest BCUT2D eigenvalue weighted by Gasteiger charge is -2.30. The maximum atomic E-state index is 14.1. The first-order valence-corrected chi connectivity index (χ1v) is 14.4. The number of benzene rings is 3. The van der Waals surface area contributed by atoms with Crippen molar-refractivity contribution in [2.45, 2.75) is 50.3 Å². The Morgan fingerprint density at radius 1 is 0.976 bits per heavy atom. The first kappa shape index (κ1) is 29.2. The van der Waals surface area contributed by atoms with Crippen LogP contribution in [0.2, 0.25) is 0 Å². The molecule has 1 aliphatic heterocycles. The first-order chi connectivity index (χ1) is 20.5. The fourth-order valence-electron chi connectivity index (χ4n) is 5.62. The molecule has 1 aliphatic rings. The number of Topliss-reactive ketones (excluding diaryl/α,β-unsaturated/α-hetero) is 1. The molecule has 1 aromatic heterocycles. The summed E-state index contributed by atoms with van der Waals surface area (Å²) in [5.74, 6) is 0.436. The van der Waals surface area contributed by atoms with E-state index in [-0.39, 0.29) is 30.3 Å². The molecule has 3 N–H and O–H groups in total. The van der Waals surface area contributed by atoms with Gasteiger partial charge in [-0.05, 0) is 42.0 Å². The molecule has 0 aliphatic carbocycles. The van der Waals surface area contributed by atoms with Gasteiger partial charge in [0.2, 0.25) is 0 Å². The number of aryl methyl sites for hydroxylation is 2. The molecule has 0 saturated carbocycles. The van der Waals surface area contributed by atoms with Crippen molar-refractivity contribution in [1.82, 2.24) is 20.6 Å². The lowest BCUT2D eigenvalue weighted by molar-refractivity contribution is -0.120. The van der Waals surface area contributed by atoms with Gasteiger partial charge in [-0.3, -0.25) is 4.79 Å². The SMILES string of the molecule is COC(=O)N[C@H](C(=O)Cc1ccccc1CC[C@@H]1CN[C@H](c2ncc(C)[nH]2)CO1)C(c1ccccc1)c1ccccc1. The van der Waals surface area contributed by atoms with Gasteiger partial charge < -0.3 is 25.1 Å². The zero-order valence-corrected chi connectivity index (χ0v) is 24.1. The number of morpholine rings is 1.